The Labute approximate surface area is 182 Å². The summed E-state index contributed by atoms with van der Waals surface area (Å²) in [6, 6.07) is 15.4. The number of aliphatic hydroxyl groups excluding tert-OH is 1. The average Bonchev–Trinajstić information content (AvgIpc) is 2.80. The Morgan fingerprint density at radius 1 is 1.06 bits per heavy atom. The van der Waals surface area contributed by atoms with Gasteiger partial charge in [-0.05, 0) is 29.7 Å². The molecule has 7 nitrogen and oxygen atoms in total. The minimum Gasteiger partial charge on any atom is -0.394 e. The van der Waals surface area contributed by atoms with Crippen molar-refractivity contribution in [3.63, 3.8) is 0 Å². The van der Waals surface area contributed by atoms with Crippen molar-refractivity contribution in [2.45, 2.75) is 42.5 Å². The molecule has 2 aromatic rings. The Morgan fingerprint density at radius 3 is 2.52 bits per heavy atom. The van der Waals surface area contributed by atoms with E-state index in [0.29, 0.717) is 13.1 Å². The molecule has 0 unspecified atom stereocenters. The molecule has 4 rings (SSSR count). The molecule has 2 aliphatic heterocycles. The lowest BCUT2D eigenvalue weighted by atomic mass is 9.99. The predicted octanol–water partition coefficient (Wildman–Crippen LogP) is 1.62. The standard InChI is InChI=1S/C23H26N2O5S/c26-16-22-21(24-31(28,29)20-8-2-1-3-9-20)11-10-19(30-22)14-23(27)25-13-12-17-6-4-5-7-18(17)15-25/h1-11,19,21-22,24,26H,12-16H2/t19-,21-,22-/m0/s1. The minimum absolute atomic E-state index is 0.0239. The van der Waals surface area contributed by atoms with E-state index in [9.17, 15) is 18.3 Å². The number of aliphatic hydroxyl groups is 1. The van der Waals surface area contributed by atoms with Crippen LogP contribution in [0, 0.1) is 0 Å². The SMILES string of the molecule is O=C(C[C@@H]1C=C[C@H](NS(=O)(=O)c2ccccc2)[C@H](CO)O1)N1CCc2ccccc2C1. The number of carbonyl (C=O) groups is 1. The maximum absolute atomic E-state index is 12.8. The third kappa shape index (κ3) is 5.04. The molecule has 3 atom stereocenters. The summed E-state index contributed by atoms with van der Waals surface area (Å²) in [7, 11) is -3.76. The van der Waals surface area contributed by atoms with Gasteiger partial charge in [-0.2, -0.15) is 0 Å². The number of benzene rings is 2. The van der Waals surface area contributed by atoms with Crippen LogP contribution in [0.2, 0.25) is 0 Å². The van der Waals surface area contributed by atoms with Crippen molar-refractivity contribution in [3.8, 4) is 0 Å². The van der Waals surface area contributed by atoms with Crippen molar-refractivity contribution in [3.05, 3.63) is 77.9 Å². The highest BCUT2D eigenvalue weighted by Gasteiger charge is 2.32. The number of hydrogen-bond donors (Lipinski definition) is 2. The molecule has 2 aromatic carbocycles. The topological polar surface area (TPSA) is 95.9 Å². The number of fused-ring (bicyclic) bond motifs is 1. The van der Waals surface area contributed by atoms with E-state index in [0.717, 1.165) is 12.0 Å². The van der Waals surface area contributed by atoms with Gasteiger partial charge in [0.25, 0.3) is 0 Å². The van der Waals surface area contributed by atoms with Crippen LogP contribution >= 0.6 is 0 Å². The van der Waals surface area contributed by atoms with Crippen LogP contribution in [0.1, 0.15) is 17.5 Å². The summed E-state index contributed by atoms with van der Waals surface area (Å²) in [6.45, 7) is 0.873. The summed E-state index contributed by atoms with van der Waals surface area (Å²) in [5.41, 5.74) is 2.43. The second-order valence-corrected chi connectivity index (χ2v) is 9.49. The van der Waals surface area contributed by atoms with Gasteiger partial charge in [0.15, 0.2) is 0 Å². The number of nitrogens with one attached hydrogen (secondary N) is 1. The summed E-state index contributed by atoms with van der Waals surface area (Å²) in [4.78, 5) is 14.8. The van der Waals surface area contributed by atoms with Crippen molar-refractivity contribution >= 4 is 15.9 Å². The molecular weight excluding hydrogens is 416 g/mol. The molecule has 0 saturated heterocycles. The lowest BCUT2D eigenvalue weighted by Crippen LogP contribution is -2.49. The molecule has 2 aliphatic rings. The first-order valence-electron chi connectivity index (χ1n) is 10.3. The average molecular weight is 443 g/mol. The Morgan fingerprint density at radius 2 is 1.77 bits per heavy atom. The molecule has 0 saturated carbocycles. The highest BCUT2D eigenvalue weighted by atomic mass is 32.2. The Balaban J connectivity index is 1.39. The summed E-state index contributed by atoms with van der Waals surface area (Å²) in [5.74, 6) is -0.0239. The lowest BCUT2D eigenvalue weighted by Gasteiger charge is -2.33. The Bertz CT molecular complexity index is 1050. The van der Waals surface area contributed by atoms with Crippen LogP contribution in [0.5, 0.6) is 0 Å². The number of carbonyl (C=O) groups excluding carboxylic acids is 1. The molecule has 2 heterocycles. The molecule has 1 amide bonds. The fraction of sp³-hybridized carbons (Fsp3) is 0.348. The molecule has 0 radical (unpaired) electrons. The van der Waals surface area contributed by atoms with E-state index in [1.54, 1.807) is 30.4 Å². The quantitative estimate of drug-likeness (QED) is 0.663. The van der Waals surface area contributed by atoms with Crippen LogP contribution < -0.4 is 4.72 Å². The first-order chi connectivity index (χ1) is 15.0. The largest absolute Gasteiger partial charge is 0.394 e. The maximum Gasteiger partial charge on any atom is 0.241 e. The van der Waals surface area contributed by atoms with Crippen LogP contribution in [0.4, 0.5) is 0 Å². The summed E-state index contributed by atoms with van der Waals surface area (Å²) >= 11 is 0. The zero-order valence-electron chi connectivity index (χ0n) is 17.1. The van der Waals surface area contributed by atoms with Gasteiger partial charge in [-0.1, -0.05) is 54.6 Å². The Hall–Kier alpha value is -2.52. The monoisotopic (exact) mass is 442 g/mol. The van der Waals surface area contributed by atoms with Crippen LogP contribution in [0.25, 0.3) is 0 Å². The summed E-state index contributed by atoms with van der Waals surface area (Å²) in [5, 5.41) is 9.75. The molecular formula is C23H26N2O5S. The highest BCUT2D eigenvalue weighted by Crippen LogP contribution is 2.22. The van der Waals surface area contributed by atoms with Gasteiger partial charge in [-0.15, -0.1) is 0 Å². The predicted molar refractivity (Wildman–Crippen MR) is 116 cm³/mol. The molecule has 0 fully saturated rings. The van der Waals surface area contributed by atoms with Gasteiger partial charge in [0.05, 0.1) is 30.1 Å². The van der Waals surface area contributed by atoms with Crippen molar-refractivity contribution in [2.75, 3.05) is 13.2 Å². The summed E-state index contributed by atoms with van der Waals surface area (Å²) in [6.07, 6.45) is 3.04. The number of nitrogens with zero attached hydrogens (tertiary/aromatic N) is 1. The second-order valence-electron chi connectivity index (χ2n) is 7.78. The fourth-order valence-corrected chi connectivity index (χ4v) is 5.21. The van der Waals surface area contributed by atoms with E-state index in [-0.39, 0.29) is 23.8 Å². The van der Waals surface area contributed by atoms with Gasteiger partial charge < -0.3 is 14.7 Å². The van der Waals surface area contributed by atoms with E-state index >= 15 is 0 Å². The number of sulfonamides is 1. The van der Waals surface area contributed by atoms with Crippen LogP contribution in [-0.2, 0) is 32.5 Å². The Kier molecular flexibility index (Phi) is 6.52. The van der Waals surface area contributed by atoms with Crippen LogP contribution in [-0.4, -0.2) is 55.7 Å². The molecule has 0 bridgehead atoms. The first-order valence-corrected chi connectivity index (χ1v) is 11.8. The third-order valence-corrected chi connectivity index (χ3v) is 7.14. The molecule has 31 heavy (non-hydrogen) atoms. The van der Waals surface area contributed by atoms with Crippen LogP contribution in [0.3, 0.4) is 0 Å². The molecule has 2 N–H and O–H groups in total. The van der Waals surface area contributed by atoms with Crippen LogP contribution in [0.15, 0.2) is 71.6 Å². The van der Waals surface area contributed by atoms with Gasteiger partial charge in [0.1, 0.15) is 6.10 Å². The van der Waals surface area contributed by atoms with E-state index < -0.39 is 28.3 Å². The zero-order valence-corrected chi connectivity index (χ0v) is 17.9. The van der Waals surface area contributed by atoms with Gasteiger partial charge >= 0.3 is 0 Å². The van der Waals surface area contributed by atoms with Gasteiger partial charge in [0.2, 0.25) is 15.9 Å². The van der Waals surface area contributed by atoms with E-state index in [1.807, 2.05) is 23.1 Å². The van der Waals surface area contributed by atoms with Gasteiger partial charge in [-0.25, -0.2) is 13.1 Å². The summed E-state index contributed by atoms with van der Waals surface area (Å²) < 4.78 is 33.6. The molecule has 164 valence electrons. The number of amides is 1. The normalized spacial score (nSPS) is 23.4. The minimum atomic E-state index is -3.76. The van der Waals surface area contributed by atoms with E-state index in [1.165, 1.54) is 17.7 Å². The van der Waals surface area contributed by atoms with E-state index in [2.05, 4.69) is 10.8 Å². The molecule has 0 spiro atoms. The van der Waals surface area contributed by atoms with Gasteiger partial charge in [-0.3, -0.25) is 4.79 Å². The van der Waals surface area contributed by atoms with E-state index in [4.69, 9.17) is 4.74 Å². The number of ether oxygens (including phenoxy) is 1. The smallest absolute Gasteiger partial charge is 0.241 e. The number of hydrogen-bond acceptors (Lipinski definition) is 5. The molecule has 8 heteroatoms. The lowest BCUT2D eigenvalue weighted by molar-refractivity contribution is -0.136. The van der Waals surface area contributed by atoms with Crippen molar-refractivity contribution in [1.82, 2.24) is 9.62 Å². The fourth-order valence-electron chi connectivity index (χ4n) is 3.97. The molecule has 0 aromatic heterocycles. The third-order valence-electron chi connectivity index (χ3n) is 5.67. The van der Waals surface area contributed by atoms with Crippen molar-refractivity contribution < 1.29 is 23.1 Å². The van der Waals surface area contributed by atoms with Crippen molar-refractivity contribution in [2.24, 2.45) is 0 Å². The zero-order chi connectivity index (χ0) is 21.8. The second kappa shape index (κ2) is 9.32. The number of rotatable bonds is 6. The first kappa shape index (κ1) is 21.7. The highest BCUT2D eigenvalue weighted by molar-refractivity contribution is 7.89. The molecule has 0 aliphatic carbocycles. The van der Waals surface area contributed by atoms with Gasteiger partial charge in [0, 0.05) is 13.1 Å². The maximum atomic E-state index is 12.8. The van der Waals surface area contributed by atoms with Crippen molar-refractivity contribution in [1.29, 1.82) is 0 Å².